The third-order valence-corrected chi connectivity index (χ3v) is 10.9. The van der Waals surface area contributed by atoms with Crippen molar-refractivity contribution in [3.63, 3.8) is 0 Å². The van der Waals surface area contributed by atoms with Crippen molar-refractivity contribution >= 4 is 52.6 Å². The summed E-state index contributed by atoms with van der Waals surface area (Å²) in [6, 6.07) is 14.0. The Morgan fingerprint density at radius 1 is 1.08 bits per heavy atom. The number of para-hydroxylation sites is 1. The Labute approximate surface area is 301 Å². The summed E-state index contributed by atoms with van der Waals surface area (Å²) in [6.07, 6.45) is 6.92. The third-order valence-electron chi connectivity index (χ3n) is 10.00. The van der Waals surface area contributed by atoms with E-state index in [1.165, 1.54) is 0 Å². The van der Waals surface area contributed by atoms with Crippen LogP contribution in [-0.2, 0) is 25.9 Å². The Morgan fingerprint density at radius 3 is 2.63 bits per heavy atom. The van der Waals surface area contributed by atoms with E-state index < -0.39 is 24.4 Å². The highest BCUT2D eigenvalue weighted by atomic mass is 127. The van der Waals surface area contributed by atoms with Gasteiger partial charge in [0.2, 0.25) is 5.88 Å². The molecule has 0 N–H and O–H groups in total. The molecule has 1 amide bonds. The summed E-state index contributed by atoms with van der Waals surface area (Å²) in [4.78, 5) is 14.9. The van der Waals surface area contributed by atoms with E-state index in [4.69, 9.17) is 28.6 Å². The maximum absolute atomic E-state index is 13.1. The van der Waals surface area contributed by atoms with Crippen molar-refractivity contribution < 1.29 is 28.3 Å². The Morgan fingerprint density at radius 2 is 1.88 bits per heavy atom. The normalized spacial score (nSPS) is 22.1. The van der Waals surface area contributed by atoms with Crippen LogP contribution in [0.25, 0.3) is 28.1 Å². The SMILES string of the molecule is Cn1ncc(-c2ccc3c(c2)c(/C=C/B2OC(C)(C)C(C)(C)O2)nn3C2CCCCO2)c1OCCN1CC[C@@H](Oc2ccccc2I)C1=O. The zero-order valence-corrected chi connectivity index (χ0v) is 30.9. The van der Waals surface area contributed by atoms with Gasteiger partial charge < -0.3 is 28.4 Å². The van der Waals surface area contributed by atoms with Gasteiger partial charge in [-0.3, -0.25) is 4.79 Å². The number of amides is 1. The second-order valence-electron chi connectivity index (χ2n) is 13.9. The fraction of sp³-hybridized carbons (Fsp3) is 0.472. The number of fused-ring (bicyclic) bond motifs is 1. The Balaban J connectivity index is 1.10. The number of nitrogens with zero attached hydrogens (tertiary/aromatic N) is 5. The standard InChI is InChI=1S/C36H43BIN5O6/c1-35(2)36(3,4)49-37(48-35)17-15-28-25-22-24(13-14-29(25)43(40-28)32-12-8-9-20-45-32)26-23-39-41(5)34(26)46-21-19-42-18-16-31(33(42)44)47-30-11-7-6-10-27(30)38/h6-7,10-11,13-15,17,22-23,31-32H,8-9,12,16,18-21H2,1-5H3/b17-15+/t31-,32?/m1/s1. The molecule has 3 saturated heterocycles. The maximum atomic E-state index is 13.1. The van der Waals surface area contributed by atoms with Gasteiger partial charge in [0.05, 0.1) is 44.3 Å². The van der Waals surface area contributed by atoms with Crippen LogP contribution in [0, 0.1) is 3.57 Å². The Hall–Kier alpha value is -3.40. The highest BCUT2D eigenvalue weighted by Crippen LogP contribution is 2.38. The number of rotatable bonds is 10. The second-order valence-corrected chi connectivity index (χ2v) is 15.0. The van der Waals surface area contributed by atoms with E-state index in [9.17, 15) is 4.79 Å². The first kappa shape index (κ1) is 34.1. The first-order chi connectivity index (χ1) is 23.5. The van der Waals surface area contributed by atoms with Gasteiger partial charge in [-0.25, -0.2) is 9.36 Å². The molecule has 0 radical (unpaired) electrons. The predicted octanol–water partition coefficient (Wildman–Crippen LogP) is 6.44. The lowest BCUT2D eigenvalue weighted by Gasteiger charge is -2.32. The zero-order valence-electron chi connectivity index (χ0n) is 28.7. The summed E-state index contributed by atoms with van der Waals surface area (Å²) in [5, 5.41) is 10.5. The molecule has 2 aromatic heterocycles. The first-order valence-corrected chi connectivity index (χ1v) is 18.1. The van der Waals surface area contributed by atoms with Gasteiger partial charge in [0.1, 0.15) is 12.4 Å². The molecule has 11 nitrogen and oxygen atoms in total. The number of benzene rings is 2. The fourth-order valence-corrected chi connectivity index (χ4v) is 7.03. The topological polar surface area (TPSA) is 102 Å². The highest BCUT2D eigenvalue weighted by molar-refractivity contribution is 14.1. The maximum Gasteiger partial charge on any atom is 0.487 e. The molecule has 0 aliphatic carbocycles. The fourth-order valence-electron chi connectivity index (χ4n) is 6.51. The molecule has 3 aliphatic heterocycles. The molecular weight excluding hydrogens is 736 g/mol. The minimum absolute atomic E-state index is 0.0148. The van der Waals surface area contributed by atoms with Gasteiger partial charge in [-0.15, -0.1) is 0 Å². The van der Waals surface area contributed by atoms with Crippen molar-refractivity contribution in [1.82, 2.24) is 24.5 Å². The van der Waals surface area contributed by atoms with Gasteiger partial charge in [0, 0.05) is 32.0 Å². The van der Waals surface area contributed by atoms with E-state index in [0.29, 0.717) is 32.0 Å². The lowest BCUT2D eigenvalue weighted by molar-refractivity contribution is -0.133. The number of hydrogen-bond donors (Lipinski definition) is 0. The van der Waals surface area contributed by atoms with Crippen LogP contribution < -0.4 is 9.47 Å². The quantitative estimate of drug-likeness (QED) is 0.134. The van der Waals surface area contributed by atoms with Crippen LogP contribution in [0.5, 0.6) is 11.6 Å². The van der Waals surface area contributed by atoms with E-state index in [0.717, 1.165) is 62.9 Å². The van der Waals surface area contributed by atoms with Crippen molar-refractivity contribution in [1.29, 1.82) is 0 Å². The molecule has 258 valence electrons. The van der Waals surface area contributed by atoms with E-state index in [1.807, 2.05) is 86.8 Å². The van der Waals surface area contributed by atoms with Gasteiger partial charge >= 0.3 is 7.12 Å². The number of carbonyl (C=O) groups is 1. The van der Waals surface area contributed by atoms with E-state index in [1.54, 1.807) is 4.68 Å². The van der Waals surface area contributed by atoms with Crippen LogP contribution in [0.4, 0.5) is 0 Å². The van der Waals surface area contributed by atoms with Gasteiger partial charge in [-0.05, 0) is 105 Å². The highest BCUT2D eigenvalue weighted by Gasteiger charge is 2.50. The summed E-state index contributed by atoms with van der Waals surface area (Å²) in [6.45, 7) is 10.3. The molecule has 49 heavy (non-hydrogen) atoms. The lowest BCUT2D eigenvalue weighted by Crippen LogP contribution is -2.41. The average Bonchev–Trinajstić information content (AvgIpc) is 3.80. The molecule has 13 heteroatoms. The monoisotopic (exact) mass is 779 g/mol. The van der Waals surface area contributed by atoms with Crippen molar-refractivity contribution in [2.75, 3.05) is 26.3 Å². The minimum Gasteiger partial charge on any atom is -0.479 e. The Kier molecular flexibility index (Phi) is 9.54. The van der Waals surface area contributed by atoms with Gasteiger partial charge in [-0.1, -0.05) is 24.2 Å². The van der Waals surface area contributed by atoms with Gasteiger partial charge in [0.15, 0.2) is 12.3 Å². The molecule has 2 atom stereocenters. The number of aromatic nitrogens is 4. The number of hydrogen-bond acceptors (Lipinski definition) is 8. The molecule has 0 saturated carbocycles. The Bertz CT molecular complexity index is 1850. The molecule has 4 aromatic rings. The minimum atomic E-state index is -0.483. The average molecular weight is 779 g/mol. The molecule has 2 aromatic carbocycles. The summed E-state index contributed by atoms with van der Waals surface area (Å²) in [5.41, 5.74) is 2.75. The third kappa shape index (κ3) is 6.86. The van der Waals surface area contributed by atoms with Crippen molar-refractivity contribution in [2.45, 2.75) is 76.9 Å². The smallest absolute Gasteiger partial charge is 0.479 e. The summed E-state index contributed by atoms with van der Waals surface area (Å²) in [7, 11) is 1.38. The van der Waals surface area contributed by atoms with E-state index in [2.05, 4.69) is 45.9 Å². The molecule has 0 bridgehead atoms. The second kappa shape index (κ2) is 13.7. The molecule has 3 aliphatic rings. The molecule has 1 unspecified atom stereocenters. The number of aryl methyl sites for hydroxylation is 1. The number of carbonyl (C=O) groups excluding carboxylic acids is 1. The summed E-state index contributed by atoms with van der Waals surface area (Å²) in [5.74, 6) is 3.29. The van der Waals surface area contributed by atoms with Gasteiger partial charge in [-0.2, -0.15) is 10.2 Å². The van der Waals surface area contributed by atoms with Crippen molar-refractivity contribution in [3.8, 4) is 22.8 Å². The molecule has 5 heterocycles. The summed E-state index contributed by atoms with van der Waals surface area (Å²) < 4.78 is 35.7. The summed E-state index contributed by atoms with van der Waals surface area (Å²) >= 11 is 2.23. The van der Waals surface area contributed by atoms with Crippen molar-refractivity contribution in [2.24, 2.45) is 7.05 Å². The number of ether oxygens (including phenoxy) is 3. The van der Waals surface area contributed by atoms with Crippen molar-refractivity contribution in [3.05, 3.63) is 63.9 Å². The lowest BCUT2D eigenvalue weighted by atomic mass is 9.89. The van der Waals surface area contributed by atoms with E-state index >= 15 is 0 Å². The van der Waals surface area contributed by atoms with Crippen LogP contribution >= 0.6 is 22.6 Å². The predicted molar refractivity (Wildman–Crippen MR) is 196 cm³/mol. The number of likely N-dealkylation sites (tertiary alicyclic amines) is 1. The largest absolute Gasteiger partial charge is 0.487 e. The molecular formula is C36H43BIN5O6. The van der Waals surface area contributed by atoms with Crippen LogP contribution in [0.15, 0.2) is 54.6 Å². The molecule has 0 spiro atoms. The van der Waals surface area contributed by atoms with Crippen LogP contribution in [0.1, 0.15) is 65.3 Å². The molecule has 7 rings (SSSR count). The molecule has 3 fully saturated rings. The first-order valence-electron chi connectivity index (χ1n) is 17.0. The zero-order chi connectivity index (χ0) is 34.3. The number of halogens is 1. The van der Waals surface area contributed by atoms with Crippen LogP contribution in [0.2, 0.25) is 0 Å². The van der Waals surface area contributed by atoms with Gasteiger partial charge in [0.25, 0.3) is 5.91 Å². The van der Waals surface area contributed by atoms with Crippen LogP contribution in [-0.4, -0.2) is 81.1 Å². The van der Waals surface area contributed by atoms with E-state index in [-0.39, 0.29) is 12.1 Å². The van der Waals surface area contributed by atoms with Crippen LogP contribution in [0.3, 0.4) is 0 Å².